The van der Waals surface area contributed by atoms with E-state index in [4.69, 9.17) is 16.9 Å². The van der Waals surface area contributed by atoms with E-state index in [9.17, 15) is 13.2 Å². The van der Waals surface area contributed by atoms with Crippen LogP contribution in [0, 0.1) is 11.3 Å². The summed E-state index contributed by atoms with van der Waals surface area (Å²) in [6.07, 6.45) is -3.08. The molecule has 1 rings (SSSR count). The predicted octanol–water partition coefficient (Wildman–Crippen LogP) is 3.00. The minimum atomic E-state index is -4.34. The van der Waals surface area contributed by atoms with E-state index < -0.39 is 12.7 Å². The number of aromatic nitrogens is 1. The van der Waals surface area contributed by atoms with Crippen LogP contribution in [0.5, 0.6) is 0 Å². The maximum Gasteiger partial charge on any atom is 0.405 e. The highest BCUT2D eigenvalue weighted by atomic mass is 35.5. The summed E-state index contributed by atoms with van der Waals surface area (Å²) < 4.78 is 36.9. The summed E-state index contributed by atoms with van der Waals surface area (Å²) in [4.78, 5) is 4.76. The maximum absolute atomic E-state index is 12.3. The molecule has 1 aromatic heterocycles. The van der Waals surface area contributed by atoms with Gasteiger partial charge in [0.05, 0.1) is 5.56 Å². The molecule has 0 aliphatic carbocycles. The second-order valence-corrected chi connectivity index (χ2v) is 3.62. The van der Waals surface area contributed by atoms with Crippen molar-refractivity contribution < 1.29 is 13.2 Å². The average Bonchev–Trinajstić information content (AvgIpc) is 2.25. The van der Waals surface area contributed by atoms with Crippen LogP contribution in [0.2, 0.25) is 5.02 Å². The molecule has 0 bridgehead atoms. The number of alkyl halides is 3. The molecule has 7 heteroatoms. The van der Waals surface area contributed by atoms with Crippen molar-refractivity contribution in [3.63, 3.8) is 0 Å². The quantitative estimate of drug-likeness (QED) is 0.842. The van der Waals surface area contributed by atoms with Gasteiger partial charge in [0.2, 0.25) is 0 Å². The van der Waals surface area contributed by atoms with Crippen LogP contribution in [-0.4, -0.2) is 24.2 Å². The van der Waals surface area contributed by atoms with Gasteiger partial charge in [0.1, 0.15) is 23.5 Å². The molecular formula is C10H9ClF3N3. The number of hydrogen-bond donors (Lipinski definition) is 0. The minimum absolute atomic E-state index is 0.0226. The van der Waals surface area contributed by atoms with Gasteiger partial charge in [-0.1, -0.05) is 11.6 Å². The summed E-state index contributed by atoms with van der Waals surface area (Å²) in [7, 11) is 0. The number of hydrogen-bond acceptors (Lipinski definition) is 3. The van der Waals surface area contributed by atoms with Crippen molar-refractivity contribution in [2.75, 3.05) is 18.0 Å². The highest BCUT2D eigenvalue weighted by Gasteiger charge is 2.31. The van der Waals surface area contributed by atoms with Crippen molar-refractivity contribution in [3.05, 3.63) is 22.8 Å². The van der Waals surface area contributed by atoms with E-state index in [-0.39, 0.29) is 22.9 Å². The number of pyridine rings is 1. The van der Waals surface area contributed by atoms with Crippen molar-refractivity contribution in [3.8, 4) is 6.07 Å². The second-order valence-electron chi connectivity index (χ2n) is 3.24. The Balaban J connectivity index is 3.09. The predicted molar refractivity (Wildman–Crippen MR) is 57.9 cm³/mol. The average molecular weight is 264 g/mol. The lowest BCUT2D eigenvalue weighted by molar-refractivity contribution is -0.119. The normalized spacial score (nSPS) is 11.1. The Bertz CT molecular complexity index is 439. The van der Waals surface area contributed by atoms with E-state index in [1.54, 1.807) is 13.0 Å². The third-order valence-corrected chi connectivity index (χ3v) is 2.42. The standard InChI is InChI=1S/C10H9ClF3N3/c1-2-17(6-10(12,13)14)9-8(11)7(5-15)3-4-16-9/h3-4H,2,6H2,1H3. The molecule has 92 valence electrons. The fourth-order valence-corrected chi connectivity index (χ4v) is 1.57. The lowest BCUT2D eigenvalue weighted by atomic mass is 10.2. The summed E-state index contributed by atoms with van der Waals surface area (Å²) in [5.74, 6) is -0.0226. The number of nitriles is 1. The third kappa shape index (κ3) is 3.49. The zero-order chi connectivity index (χ0) is 13.1. The molecule has 0 radical (unpaired) electrons. The molecule has 0 spiro atoms. The van der Waals surface area contributed by atoms with Gasteiger partial charge in [0, 0.05) is 12.7 Å². The van der Waals surface area contributed by atoms with Crippen LogP contribution in [-0.2, 0) is 0 Å². The Morgan fingerprint density at radius 1 is 1.53 bits per heavy atom. The number of anilines is 1. The van der Waals surface area contributed by atoms with Gasteiger partial charge in [-0.3, -0.25) is 0 Å². The van der Waals surface area contributed by atoms with Gasteiger partial charge in [0.15, 0.2) is 0 Å². The number of nitrogens with zero attached hydrogens (tertiary/aromatic N) is 3. The molecule has 1 aromatic rings. The Morgan fingerprint density at radius 2 is 2.18 bits per heavy atom. The zero-order valence-electron chi connectivity index (χ0n) is 8.92. The molecule has 0 fully saturated rings. The van der Waals surface area contributed by atoms with Gasteiger partial charge in [-0.05, 0) is 13.0 Å². The molecule has 0 aliphatic heterocycles. The first-order chi connectivity index (χ1) is 7.89. The van der Waals surface area contributed by atoms with Gasteiger partial charge in [0.25, 0.3) is 0 Å². The van der Waals surface area contributed by atoms with E-state index >= 15 is 0 Å². The van der Waals surface area contributed by atoms with E-state index in [1.165, 1.54) is 12.3 Å². The van der Waals surface area contributed by atoms with Crippen LogP contribution in [0.4, 0.5) is 19.0 Å². The fraction of sp³-hybridized carbons (Fsp3) is 0.400. The first kappa shape index (κ1) is 13.6. The van der Waals surface area contributed by atoms with E-state index in [1.807, 2.05) is 0 Å². The van der Waals surface area contributed by atoms with Gasteiger partial charge >= 0.3 is 6.18 Å². The van der Waals surface area contributed by atoms with Crippen LogP contribution in [0.3, 0.4) is 0 Å². The van der Waals surface area contributed by atoms with Crippen molar-refractivity contribution in [2.24, 2.45) is 0 Å². The molecule has 0 saturated carbocycles. The summed E-state index contributed by atoms with van der Waals surface area (Å²) in [6, 6.07) is 3.15. The Labute approximate surface area is 101 Å². The van der Waals surface area contributed by atoms with Crippen LogP contribution in [0.25, 0.3) is 0 Å². The van der Waals surface area contributed by atoms with Gasteiger partial charge in [-0.2, -0.15) is 18.4 Å². The first-order valence-corrected chi connectivity index (χ1v) is 5.13. The third-order valence-electron chi connectivity index (χ3n) is 2.04. The number of rotatable bonds is 3. The van der Waals surface area contributed by atoms with Gasteiger partial charge < -0.3 is 4.90 Å². The maximum atomic E-state index is 12.3. The largest absolute Gasteiger partial charge is 0.405 e. The Kier molecular flexibility index (Phi) is 4.18. The SMILES string of the molecule is CCN(CC(F)(F)F)c1nccc(C#N)c1Cl. The van der Waals surface area contributed by atoms with Crippen molar-refractivity contribution >= 4 is 17.4 Å². The van der Waals surface area contributed by atoms with Crippen molar-refractivity contribution in [1.82, 2.24) is 4.98 Å². The van der Waals surface area contributed by atoms with Crippen molar-refractivity contribution in [2.45, 2.75) is 13.1 Å². The highest BCUT2D eigenvalue weighted by Crippen LogP contribution is 2.28. The molecule has 0 unspecified atom stereocenters. The molecule has 0 saturated heterocycles. The Morgan fingerprint density at radius 3 is 2.65 bits per heavy atom. The number of halogens is 4. The van der Waals surface area contributed by atoms with Crippen LogP contribution < -0.4 is 4.90 Å². The highest BCUT2D eigenvalue weighted by molar-refractivity contribution is 6.34. The van der Waals surface area contributed by atoms with Crippen LogP contribution in [0.1, 0.15) is 12.5 Å². The topological polar surface area (TPSA) is 39.9 Å². The van der Waals surface area contributed by atoms with E-state index in [0.29, 0.717) is 0 Å². The monoisotopic (exact) mass is 263 g/mol. The van der Waals surface area contributed by atoms with Crippen LogP contribution >= 0.6 is 11.6 Å². The molecule has 0 atom stereocenters. The lowest BCUT2D eigenvalue weighted by Gasteiger charge is -2.24. The first-order valence-electron chi connectivity index (χ1n) is 4.75. The molecule has 3 nitrogen and oxygen atoms in total. The van der Waals surface area contributed by atoms with E-state index in [2.05, 4.69) is 4.98 Å². The summed E-state index contributed by atoms with van der Waals surface area (Å²) in [6.45, 7) is 0.509. The summed E-state index contributed by atoms with van der Waals surface area (Å²) in [5, 5.41) is 8.67. The molecule has 1 heterocycles. The second kappa shape index (κ2) is 5.23. The summed E-state index contributed by atoms with van der Waals surface area (Å²) >= 11 is 5.82. The van der Waals surface area contributed by atoms with Crippen molar-refractivity contribution in [1.29, 1.82) is 5.26 Å². The molecule has 0 aromatic carbocycles. The minimum Gasteiger partial charge on any atom is -0.347 e. The molecule has 0 amide bonds. The van der Waals surface area contributed by atoms with Gasteiger partial charge in [-0.15, -0.1) is 0 Å². The Hall–Kier alpha value is -1.48. The zero-order valence-corrected chi connectivity index (χ0v) is 9.68. The molecule has 0 aliphatic rings. The molecule has 17 heavy (non-hydrogen) atoms. The smallest absolute Gasteiger partial charge is 0.347 e. The molecular weight excluding hydrogens is 255 g/mol. The van der Waals surface area contributed by atoms with E-state index in [0.717, 1.165) is 4.90 Å². The lowest BCUT2D eigenvalue weighted by Crippen LogP contribution is -2.34. The van der Waals surface area contributed by atoms with Gasteiger partial charge in [-0.25, -0.2) is 4.98 Å². The molecule has 0 N–H and O–H groups in total. The summed E-state index contributed by atoms with van der Waals surface area (Å²) in [5.41, 5.74) is 0.109. The van der Waals surface area contributed by atoms with Crippen LogP contribution in [0.15, 0.2) is 12.3 Å². The fourth-order valence-electron chi connectivity index (χ4n) is 1.29.